The Hall–Kier alpha value is -1.36. The van der Waals surface area contributed by atoms with E-state index in [4.69, 9.17) is 0 Å². The molecule has 1 saturated carbocycles. The zero-order valence-electron chi connectivity index (χ0n) is 15.5. The molecule has 0 aromatic heterocycles. The Balaban J connectivity index is 1.17. The zero-order valence-corrected chi connectivity index (χ0v) is 16.3. The number of hydrogen-bond donors (Lipinski definition) is 1. The van der Waals surface area contributed by atoms with Crippen molar-refractivity contribution in [2.75, 3.05) is 39.0 Å². The summed E-state index contributed by atoms with van der Waals surface area (Å²) in [5, 5.41) is 3.34. The maximum absolute atomic E-state index is 12.3. The maximum atomic E-state index is 12.3. The summed E-state index contributed by atoms with van der Waals surface area (Å²) in [6, 6.07) is 6.37. The Kier molecular flexibility index (Phi) is 5.09. The first kappa shape index (κ1) is 19.9. The highest BCUT2D eigenvalue weighted by molar-refractivity contribution is 7.88. The summed E-state index contributed by atoms with van der Waals surface area (Å²) in [6.07, 6.45) is -3.43. The lowest BCUT2D eigenvalue weighted by Gasteiger charge is -2.43. The first-order valence-electron chi connectivity index (χ1n) is 9.35. The number of halogens is 3. The smallest absolute Gasteiger partial charge is 0.406 e. The lowest BCUT2D eigenvalue weighted by atomic mass is 10.1. The van der Waals surface area contributed by atoms with Crippen LogP contribution in [0.3, 0.4) is 0 Å². The second kappa shape index (κ2) is 7.16. The number of nitrogens with zero attached hydrogens (tertiary/aromatic N) is 2. The molecule has 10 heteroatoms. The highest BCUT2D eigenvalue weighted by Crippen LogP contribution is 2.52. The molecule has 1 N–H and O–H groups in total. The van der Waals surface area contributed by atoms with Gasteiger partial charge in [-0.1, -0.05) is 12.1 Å². The highest BCUT2D eigenvalue weighted by atomic mass is 32.2. The van der Waals surface area contributed by atoms with Gasteiger partial charge in [0.25, 0.3) is 0 Å². The van der Waals surface area contributed by atoms with Crippen LogP contribution in [0.25, 0.3) is 0 Å². The van der Waals surface area contributed by atoms with Gasteiger partial charge in [0.05, 0.1) is 6.26 Å². The SMILES string of the molecule is CS(=O)(=O)N1CC(N2CC3C(CNCc4cccc(OC(F)(F)F)c4)C3C2)C1. The molecule has 3 aliphatic rings. The topological polar surface area (TPSA) is 61.9 Å². The average molecular weight is 419 g/mol. The van der Waals surface area contributed by atoms with E-state index in [0.717, 1.165) is 25.2 Å². The largest absolute Gasteiger partial charge is 0.573 e. The normalized spacial score (nSPS) is 28.8. The Bertz CT molecular complexity index is 815. The van der Waals surface area contributed by atoms with Crippen LogP contribution in [0.1, 0.15) is 5.56 Å². The molecule has 2 heterocycles. The van der Waals surface area contributed by atoms with E-state index < -0.39 is 16.4 Å². The number of hydrogen-bond acceptors (Lipinski definition) is 5. The lowest BCUT2D eigenvalue weighted by molar-refractivity contribution is -0.274. The van der Waals surface area contributed by atoms with Gasteiger partial charge in [-0.3, -0.25) is 4.90 Å². The Labute approximate surface area is 162 Å². The molecule has 6 nitrogen and oxygen atoms in total. The van der Waals surface area contributed by atoms with E-state index >= 15 is 0 Å². The molecule has 0 amide bonds. The van der Waals surface area contributed by atoms with E-state index in [1.165, 1.54) is 22.7 Å². The van der Waals surface area contributed by atoms with E-state index in [0.29, 0.717) is 43.4 Å². The summed E-state index contributed by atoms with van der Waals surface area (Å²) >= 11 is 0. The Morgan fingerprint density at radius 1 is 1.18 bits per heavy atom. The van der Waals surface area contributed by atoms with Gasteiger partial charge < -0.3 is 10.1 Å². The summed E-state index contributed by atoms with van der Waals surface area (Å²) in [4.78, 5) is 2.39. The standard InChI is InChI=1S/C18H24F3N3O3S/c1-28(25,26)24-8-13(9-24)23-10-16-15(17(16)11-23)7-22-6-12-3-2-4-14(5-12)27-18(19,20)21/h2-5,13,15-17,22H,6-11H2,1H3. The maximum Gasteiger partial charge on any atom is 0.573 e. The summed E-state index contributed by atoms with van der Waals surface area (Å²) in [6.45, 7) is 4.55. The van der Waals surface area contributed by atoms with E-state index in [1.54, 1.807) is 12.1 Å². The second-order valence-electron chi connectivity index (χ2n) is 8.01. The molecule has 3 fully saturated rings. The van der Waals surface area contributed by atoms with Crippen molar-refractivity contribution in [3.63, 3.8) is 0 Å². The minimum Gasteiger partial charge on any atom is -0.406 e. The molecule has 1 aromatic rings. The quantitative estimate of drug-likeness (QED) is 0.726. The molecule has 1 aliphatic carbocycles. The van der Waals surface area contributed by atoms with Gasteiger partial charge in [0.2, 0.25) is 10.0 Å². The van der Waals surface area contributed by atoms with Crippen LogP contribution in [0, 0.1) is 17.8 Å². The lowest BCUT2D eigenvalue weighted by Crippen LogP contribution is -2.60. The van der Waals surface area contributed by atoms with Crippen LogP contribution >= 0.6 is 0 Å². The van der Waals surface area contributed by atoms with Crippen molar-refractivity contribution in [1.82, 2.24) is 14.5 Å². The fourth-order valence-corrected chi connectivity index (χ4v) is 5.32. The van der Waals surface area contributed by atoms with Crippen LogP contribution in [-0.4, -0.2) is 69.0 Å². The third kappa shape index (κ3) is 4.45. The Morgan fingerprint density at radius 2 is 1.86 bits per heavy atom. The number of rotatable bonds is 7. The highest BCUT2D eigenvalue weighted by Gasteiger charge is 2.57. The summed E-state index contributed by atoms with van der Waals surface area (Å²) in [5.41, 5.74) is 0.754. The number of sulfonamides is 1. The van der Waals surface area contributed by atoms with Crippen LogP contribution in [0.4, 0.5) is 13.2 Å². The molecule has 2 unspecified atom stereocenters. The fourth-order valence-electron chi connectivity index (χ4n) is 4.44. The summed E-state index contributed by atoms with van der Waals surface area (Å²) in [5.74, 6) is 1.67. The predicted molar refractivity (Wildman–Crippen MR) is 97.1 cm³/mol. The second-order valence-corrected chi connectivity index (χ2v) is 9.99. The van der Waals surface area contributed by atoms with Crippen molar-refractivity contribution in [1.29, 1.82) is 0 Å². The molecule has 28 heavy (non-hydrogen) atoms. The zero-order chi connectivity index (χ0) is 20.1. The minimum absolute atomic E-state index is 0.200. The summed E-state index contributed by atoms with van der Waals surface area (Å²) < 4.78 is 65.3. The number of piperidine rings is 1. The van der Waals surface area contributed by atoms with Crippen molar-refractivity contribution in [2.45, 2.75) is 18.9 Å². The van der Waals surface area contributed by atoms with E-state index in [2.05, 4.69) is 15.0 Å². The van der Waals surface area contributed by atoms with Crippen LogP contribution in [-0.2, 0) is 16.6 Å². The molecule has 0 bridgehead atoms. The van der Waals surface area contributed by atoms with Crippen molar-refractivity contribution in [2.24, 2.45) is 17.8 Å². The first-order valence-corrected chi connectivity index (χ1v) is 11.2. The number of nitrogens with one attached hydrogen (secondary N) is 1. The van der Waals surface area contributed by atoms with Crippen LogP contribution in [0.15, 0.2) is 24.3 Å². The van der Waals surface area contributed by atoms with Crippen molar-refractivity contribution in [3.8, 4) is 5.75 Å². The summed E-state index contributed by atoms with van der Waals surface area (Å²) in [7, 11) is -3.07. The van der Waals surface area contributed by atoms with E-state index in [1.807, 2.05) is 0 Å². The van der Waals surface area contributed by atoms with Gasteiger partial charge in [-0.05, 0) is 42.0 Å². The third-order valence-electron chi connectivity index (χ3n) is 6.05. The van der Waals surface area contributed by atoms with Gasteiger partial charge in [0.15, 0.2) is 0 Å². The molecule has 156 valence electrons. The monoisotopic (exact) mass is 419 g/mol. The molecular weight excluding hydrogens is 395 g/mol. The molecule has 2 aliphatic heterocycles. The Morgan fingerprint density at radius 3 is 2.46 bits per heavy atom. The molecule has 1 aromatic carbocycles. The van der Waals surface area contributed by atoms with Crippen LogP contribution in [0.2, 0.25) is 0 Å². The molecular formula is C18H24F3N3O3S. The molecule has 4 rings (SSSR count). The molecule has 2 saturated heterocycles. The third-order valence-corrected chi connectivity index (χ3v) is 7.29. The number of likely N-dealkylation sites (tertiary alicyclic amines) is 1. The van der Waals surface area contributed by atoms with Crippen molar-refractivity contribution in [3.05, 3.63) is 29.8 Å². The van der Waals surface area contributed by atoms with Gasteiger partial charge in [-0.15, -0.1) is 13.2 Å². The molecule has 0 spiro atoms. The average Bonchev–Trinajstić information content (AvgIpc) is 2.95. The van der Waals surface area contributed by atoms with Gasteiger partial charge >= 0.3 is 6.36 Å². The van der Waals surface area contributed by atoms with Gasteiger partial charge in [-0.2, -0.15) is 4.31 Å². The number of fused-ring (bicyclic) bond motifs is 1. The van der Waals surface area contributed by atoms with E-state index in [9.17, 15) is 21.6 Å². The number of alkyl halides is 3. The van der Waals surface area contributed by atoms with Crippen LogP contribution in [0.5, 0.6) is 5.75 Å². The fraction of sp³-hybridized carbons (Fsp3) is 0.667. The van der Waals surface area contributed by atoms with Gasteiger partial charge in [-0.25, -0.2) is 8.42 Å². The van der Waals surface area contributed by atoms with Crippen molar-refractivity contribution >= 4 is 10.0 Å². The van der Waals surface area contributed by atoms with E-state index in [-0.39, 0.29) is 5.75 Å². The van der Waals surface area contributed by atoms with Crippen molar-refractivity contribution < 1.29 is 26.3 Å². The number of benzene rings is 1. The molecule has 2 atom stereocenters. The first-order chi connectivity index (χ1) is 13.1. The van der Waals surface area contributed by atoms with Gasteiger partial charge in [0, 0.05) is 38.8 Å². The molecule has 0 radical (unpaired) electrons. The van der Waals surface area contributed by atoms with Crippen LogP contribution < -0.4 is 10.1 Å². The van der Waals surface area contributed by atoms with Gasteiger partial charge in [0.1, 0.15) is 5.75 Å². The number of ether oxygens (including phenoxy) is 1. The minimum atomic E-state index is -4.68. The predicted octanol–water partition coefficient (Wildman–Crippen LogP) is 1.50.